The number of halogens is 2. The van der Waals surface area contributed by atoms with Gasteiger partial charge in [0.15, 0.2) is 0 Å². The van der Waals surface area contributed by atoms with Crippen molar-refractivity contribution < 1.29 is 27.8 Å². The highest BCUT2D eigenvalue weighted by Crippen LogP contribution is 2.26. The number of amides is 1. The molecule has 0 aliphatic carbocycles. The van der Waals surface area contributed by atoms with E-state index in [1.54, 1.807) is 12.1 Å². The first-order valence-electron chi connectivity index (χ1n) is 7.52. The van der Waals surface area contributed by atoms with Gasteiger partial charge in [-0.1, -0.05) is 17.7 Å². The fourth-order valence-electron chi connectivity index (χ4n) is 2.28. The second kappa shape index (κ2) is 8.32. The summed E-state index contributed by atoms with van der Waals surface area (Å²) in [4.78, 5) is 11.4. The number of carbonyl (C=O) groups is 1. The van der Waals surface area contributed by atoms with Crippen molar-refractivity contribution in [2.75, 3.05) is 12.4 Å². The first kappa shape index (κ1) is 18.5. The Bertz CT molecular complexity index is 750. The summed E-state index contributed by atoms with van der Waals surface area (Å²) in [5.41, 5.74) is 2.94. The first-order chi connectivity index (χ1) is 11.9. The predicted octanol–water partition coefficient (Wildman–Crippen LogP) is 4.66. The molecule has 0 aromatic heterocycles. The van der Waals surface area contributed by atoms with Gasteiger partial charge in [0.25, 0.3) is 0 Å². The monoisotopic (exact) mass is 351 g/mol. The van der Waals surface area contributed by atoms with E-state index in [1.165, 1.54) is 13.2 Å². The van der Waals surface area contributed by atoms with E-state index in [0.717, 1.165) is 11.1 Å². The number of hydrogen-bond donors (Lipinski definition) is 1. The third kappa shape index (κ3) is 5.34. The number of benzene rings is 2. The first-order valence-corrected chi connectivity index (χ1v) is 7.52. The molecule has 0 aliphatic rings. The number of methoxy groups -OCH3 is 1. The number of hydrogen-bond acceptors (Lipinski definition) is 4. The molecule has 5 nitrogen and oxygen atoms in total. The van der Waals surface area contributed by atoms with Crippen LogP contribution in [0.2, 0.25) is 0 Å². The zero-order valence-electron chi connectivity index (χ0n) is 14.1. The molecule has 1 amide bonds. The number of carbonyl (C=O) groups excluding carboxylic acids is 1. The molecule has 1 N–H and O–H groups in total. The van der Waals surface area contributed by atoms with Crippen LogP contribution in [0.3, 0.4) is 0 Å². The van der Waals surface area contributed by atoms with Crippen LogP contribution in [0.5, 0.6) is 11.5 Å². The van der Waals surface area contributed by atoms with Crippen LogP contribution in [0.1, 0.15) is 16.7 Å². The third-order valence-corrected chi connectivity index (χ3v) is 3.46. The van der Waals surface area contributed by atoms with Crippen LogP contribution in [0.4, 0.5) is 19.3 Å². The van der Waals surface area contributed by atoms with E-state index in [-0.39, 0.29) is 6.61 Å². The lowest BCUT2D eigenvalue weighted by atomic mass is 10.1. The summed E-state index contributed by atoms with van der Waals surface area (Å²) in [7, 11) is 1.50. The third-order valence-electron chi connectivity index (χ3n) is 3.46. The van der Waals surface area contributed by atoms with Crippen molar-refractivity contribution in [1.29, 1.82) is 0 Å². The van der Waals surface area contributed by atoms with Gasteiger partial charge >= 0.3 is 12.7 Å². The molecule has 0 radical (unpaired) electrons. The molecule has 0 heterocycles. The van der Waals surface area contributed by atoms with E-state index in [4.69, 9.17) is 9.47 Å². The van der Waals surface area contributed by atoms with Crippen LogP contribution < -0.4 is 14.8 Å². The molecule has 7 heteroatoms. The van der Waals surface area contributed by atoms with E-state index in [2.05, 4.69) is 10.1 Å². The maximum absolute atomic E-state index is 12.1. The summed E-state index contributed by atoms with van der Waals surface area (Å²) >= 11 is 0. The van der Waals surface area contributed by atoms with Crippen LogP contribution in [0.25, 0.3) is 0 Å². The largest absolute Gasteiger partial charge is 0.497 e. The molecule has 0 bridgehead atoms. The van der Waals surface area contributed by atoms with Gasteiger partial charge in [-0.2, -0.15) is 8.78 Å². The number of rotatable bonds is 6. The summed E-state index contributed by atoms with van der Waals surface area (Å²) in [5.74, 6) is 1.24. The standard InChI is InChI=1S/C18H19F2NO4/c1-11-4-7-16(12(2)8-11)24-10-13-9-14(23-3)5-6-15(13)21-18(22)25-17(19)20/h4-9,17H,10H2,1-3H3,(H,21,22). The fourth-order valence-corrected chi connectivity index (χ4v) is 2.28. The summed E-state index contributed by atoms with van der Waals surface area (Å²) in [6.45, 7) is 0.835. The number of ether oxygens (including phenoxy) is 3. The second-order valence-corrected chi connectivity index (χ2v) is 5.37. The lowest BCUT2D eigenvalue weighted by Gasteiger charge is -2.15. The number of nitrogens with one attached hydrogen (secondary N) is 1. The van der Waals surface area contributed by atoms with Crippen molar-refractivity contribution in [3.63, 3.8) is 0 Å². The van der Waals surface area contributed by atoms with Gasteiger partial charge in [0.1, 0.15) is 18.1 Å². The average Bonchev–Trinajstić information content (AvgIpc) is 2.54. The van der Waals surface area contributed by atoms with Crippen molar-refractivity contribution in [2.24, 2.45) is 0 Å². The van der Waals surface area contributed by atoms with Gasteiger partial charge in [-0.05, 0) is 43.7 Å². The Labute approximate surface area is 144 Å². The normalized spacial score (nSPS) is 10.5. The van der Waals surface area contributed by atoms with Crippen LogP contribution in [-0.4, -0.2) is 19.8 Å². The second-order valence-electron chi connectivity index (χ2n) is 5.37. The average molecular weight is 351 g/mol. The van der Waals surface area contributed by atoms with Crippen LogP contribution >= 0.6 is 0 Å². The van der Waals surface area contributed by atoms with Crippen molar-refractivity contribution in [1.82, 2.24) is 0 Å². The molecule has 2 aromatic rings. The fraction of sp³-hybridized carbons (Fsp3) is 0.278. The Morgan fingerprint density at radius 3 is 2.56 bits per heavy atom. The lowest BCUT2D eigenvalue weighted by molar-refractivity contribution is -0.0766. The van der Waals surface area contributed by atoms with E-state index in [0.29, 0.717) is 22.7 Å². The quantitative estimate of drug-likeness (QED) is 0.822. The molecule has 2 rings (SSSR count). The molecule has 0 fully saturated rings. The number of anilines is 1. The predicted molar refractivity (Wildman–Crippen MR) is 89.3 cm³/mol. The molecule has 0 aliphatic heterocycles. The molecule has 134 valence electrons. The zero-order chi connectivity index (χ0) is 18.4. The van der Waals surface area contributed by atoms with E-state index in [9.17, 15) is 13.6 Å². The van der Waals surface area contributed by atoms with Gasteiger partial charge in [0.05, 0.1) is 12.8 Å². The molecule has 0 saturated carbocycles. The molecular weight excluding hydrogens is 332 g/mol. The smallest absolute Gasteiger partial charge is 0.416 e. The van der Waals surface area contributed by atoms with Gasteiger partial charge < -0.3 is 14.2 Å². The summed E-state index contributed by atoms with van der Waals surface area (Å²) < 4.78 is 39.0. The minimum Gasteiger partial charge on any atom is -0.497 e. The minimum absolute atomic E-state index is 0.116. The van der Waals surface area contributed by atoms with Crippen LogP contribution in [0, 0.1) is 13.8 Å². The molecule has 0 saturated heterocycles. The summed E-state index contributed by atoms with van der Waals surface area (Å²) in [5, 5.41) is 2.28. The highest BCUT2D eigenvalue weighted by molar-refractivity contribution is 5.85. The highest BCUT2D eigenvalue weighted by atomic mass is 19.3. The lowest BCUT2D eigenvalue weighted by Crippen LogP contribution is -2.18. The molecular formula is C18H19F2NO4. The summed E-state index contributed by atoms with van der Waals surface area (Å²) in [6.07, 6.45) is -1.24. The van der Waals surface area contributed by atoms with Crippen LogP contribution in [-0.2, 0) is 11.3 Å². The van der Waals surface area contributed by atoms with Crippen molar-refractivity contribution in [3.05, 3.63) is 53.1 Å². The molecule has 0 atom stereocenters. The van der Waals surface area contributed by atoms with Crippen molar-refractivity contribution >= 4 is 11.8 Å². The Balaban J connectivity index is 2.17. The van der Waals surface area contributed by atoms with Gasteiger partial charge in [0.2, 0.25) is 0 Å². The SMILES string of the molecule is COc1ccc(NC(=O)OC(F)F)c(COc2ccc(C)cc2C)c1. The van der Waals surface area contributed by atoms with E-state index >= 15 is 0 Å². The van der Waals surface area contributed by atoms with Gasteiger partial charge in [-0.3, -0.25) is 5.32 Å². The topological polar surface area (TPSA) is 56.8 Å². The number of alkyl halides is 2. The van der Waals surface area contributed by atoms with E-state index in [1.807, 2.05) is 32.0 Å². The molecule has 2 aromatic carbocycles. The number of aryl methyl sites for hydroxylation is 2. The molecule has 0 unspecified atom stereocenters. The maximum Gasteiger partial charge on any atom is 0.416 e. The molecule has 0 spiro atoms. The summed E-state index contributed by atoms with van der Waals surface area (Å²) in [6, 6.07) is 10.5. The van der Waals surface area contributed by atoms with Gasteiger partial charge in [0, 0.05) is 5.56 Å². The minimum atomic E-state index is -3.19. The Morgan fingerprint density at radius 1 is 1.16 bits per heavy atom. The molecule has 25 heavy (non-hydrogen) atoms. The Kier molecular flexibility index (Phi) is 6.16. The zero-order valence-corrected chi connectivity index (χ0v) is 14.1. The van der Waals surface area contributed by atoms with Crippen LogP contribution in [0.15, 0.2) is 36.4 Å². The Morgan fingerprint density at radius 2 is 1.92 bits per heavy atom. The van der Waals surface area contributed by atoms with Gasteiger partial charge in [-0.25, -0.2) is 4.79 Å². The highest BCUT2D eigenvalue weighted by Gasteiger charge is 2.14. The van der Waals surface area contributed by atoms with Crippen molar-refractivity contribution in [3.8, 4) is 11.5 Å². The maximum atomic E-state index is 12.1. The van der Waals surface area contributed by atoms with Crippen molar-refractivity contribution in [2.45, 2.75) is 27.1 Å². The van der Waals surface area contributed by atoms with E-state index < -0.39 is 12.7 Å². The Hall–Kier alpha value is -2.83. The van der Waals surface area contributed by atoms with Gasteiger partial charge in [-0.15, -0.1) is 0 Å².